The van der Waals surface area contributed by atoms with Gasteiger partial charge in [-0.25, -0.2) is 4.39 Å². The topological polar surface area (TPSA) is 53.1 Å². The molecule has 24 heavy (non-hydrogen) atoms. The highest BCUT2D eigenvalue weighted by atomic mass is 19.4. The van der Waals surface area contributed by atoms with Crippen molar-refractivity contribution in [2.24, 2.45) is 0 Å². The van der Waals surface area contributed by atoms with Crippen LogP contribution in [0.1, 0.15) is 11.1 Å². The molecule has 0 bridgehead atoms. The van der Waals surface area contributed by atoms with Crippen molar-refractivity contribution in [2.45, 2.75) is 12.6 Å². The van der Waals surface area contributed by atoms with Gasteiger partial charge < -0.3 is 10.1 Å². The molecular weight excluding hydrogens is 326 g/mol. The average molecular weight is 337 g/mol. The number of alkyl halides is 3. The number of aliphatic carboxylic acids is 1. The molecule has 0 atom stereocenters. The molecule has 0 aliphatic rings. The summed E-state index contributed by atoms with van der Waals surface area (Å²) in [6.45, 7) is 0. The number of nitrogens with one attached hydrogen (secondary N) is 1. The number of carboxylic acids is 1. The molecule has 2 aromatic carbocycles. The van der Waals surface area contributed by atoms with Gasteiger partial charge in [-0.2, -0.15) is 13.2 Å². The van der Waals surface area contributed by atoms with E-state index in [-0.39, 0.29) is 27.7 Å². The third-order valence-corrected chi connectivity index (χ3v) is 3.69. The van der Waals surface area contributed by atoms with Gasteiger partial charge in [0.1, 0.15) is 5.82 Å². The van der Waals surface area contributed by atoms with Gasteiger partial charge in [-0.1, -0.05) is 24.3 Å². The number of rotatable bonds is 3. The van der Waals surface area contributed by atoms with E-state index in [9.17, 15) is 22.4 Å². The summed E-state index contributed by atoms with van der Waals surface area (Å²) in [5.41, 5.74) is -0.455. The van der Waals surface area contributed by atoms with Gasteiger partial charge in [-0.05, 0) is 23.8 Å². The fourth-order valence-electron chi connectivity index (χ4n) is 2.74. The molecule has 1 heterocycles. The van der Waals surface area contributed by atoms with Crippen LogP contribution in [0.2, 0.25) is 0 Å². The minimum absolute atomic E-state index is 0.159. The normalized spacial score (nSPS) is 11.8. The molecule has 3 nitrogen and oxygen atoms in total. The van der Waals surface area contributed by atoms with Gasteiger partial charge in [-0.3, -0.25) is 4.79 Å². The second-order valence-electron chi connectivity index (χ2n) is 5.29. The number of hydrogen-bond acceptors (Lipinski definition) is 1. The van der Waals surface area contributed by atoms with Crippen molar-refractivity contribution in [1.82, 2.24) is 4.98 Å². The van der Waals surface area contributed by atoms with Crippen molar-refractivity contribution in [3.63, 3.8) is 0 Å². The van der Waals surface area contributed by atoms with E-state index in [1.54, 1.807) is 0 Å². The number of carbonyl (C=O) groups is 1. The molecule has 0 aliphatic heterocycles. The van der Waals surface area contributed by atoms with Crippen LogP contribution in [-0.2, 0) is 17.4 Å². The predicted molar refractivity (Wildman–Crippen MR) is 80.0 cm³/mol. The van der Waals surface area contributed by atoms with Crippen LogP contribution in [0.5, 0.6) is 0 Å². The van der Waals surface area contributed by atoms with Crippen LogP contribution in [-0.4, -0.2) is 16.1 Å². The zero-order valence-corrected chi connectivity index (χ0v) is 12.1. The second-order valence-corrected chi connectivity index (χ2v) is 5.29. The van der Waals surface area contributed by atoms with Gasteiger partial charge in [0.2, 0.25) is 0 Å². The number of aromatic nitrogens is 1. The van der Waals surface area contributed by atoms with Crippen LogP contribution < -0.4 is 0 Å². The Balaban J connectivity index is 2.34. The number of para-hydroxylation sites is 1. The minimum atomic E-state index is -4.59. The summed E-state index contributed by atoms with van der Waals surface area (Å²) in [7, 11) is 0. The summed E-state index contributed by atoms with van der Waals surface area (Å²) in [5, 5.41) is 9.25. The Morgan fingerprint density at radius 1 is 1.12 bits per heavy atom. The van der Waals surface area contributed by atoms with Crippen LogP contribution >= 0.6 is 0 Å². The monoisotopic (exact) mass is 337 g/mol. The summed E-state index contributed by atoms with van der Waals surface area (Å²) in [6, 6.07) is 8.81. The molecule has 0 fully saturated rings. The number of carboxylic acid groups (broad SMARTS) is 1. The van der Waals surface area contributed by atoms with Crippen molar-refractivity contribution >= 4 is 16.9 Å². The molecule has 3 rings (SSSR count). The lowest BCUT2D eigenvalue weighted by molar-refractivity contribution is -0.137. The van der Waals surface area contributed by atoms with Crippen LogP contribution in [0.25, 0.3) is 22.2 Å². The fourth-order valence-corrected chi connectivity index (χ4v) is 2.74. The zero-order chi connectivity index (χ0) is 17.5. The zero-order valence-electron chi connectivity index (χ0n) is 12.1. The van der Waals surface area contributed by atoms with Crippen LogP contribution in [0, 0.1) is 5.82 Å². The Kier molecular flexibility index (Phi) is 3.79. The molecule has 0 radical (unpaired) electrons. The third-order valence-electron chi connectivity index (χ3n) is 3.69. The smallest absolute Gasteiger partial charge is 0.418 e. The molecule has 0 aliphatic carbocycles. The molecule has 3 aromatic rings. The van der Waals surface area contributed by atoms with E-state index in [4.69, 9.17) is 5.11 Å². The van der Waals surface area contributed by atoms with Crippen molar-refractivity contribution in [3.05, 3.63) is 59.4 Å². The fraction of sp³-hybridized carbons (Fsp3) is 0.118. The van der Waals surface area contributed by atoms with Crippen LogP contribution in [0.3, 0.4) is 0 Å². The first kappa shape index (κ1) is 16.0. The van der Waals surface area contributed by atoms with E-state index in [0.29, 0.717) is 0 Å². The number of aromatic amines is 1. The summed E-state index contributed by atoms with van der Waals surface area (Å²) < 4.78 is 53.0. The Hall–Kier alpha value is -2.83. The lowest BCUT2D eigenvalue weighted by atomic mass is 10.0. The third kappa shape index (κ3) is 2.84. The summed E-state index contributed by atoms with van der Waals surface area (Å²) in [4.78, 5) is 13.8. The van der Waals surface area contributed by atoms with E-state index in [1.165, 1.54) is 30.3 Å². The Labute approximate surface area is 133 Å². The van der Waals surface area contributed by atoms with Crippen LogP contribution in [0.4, 0.5) is 17.6 Å². The molecule has 7 heteroatoms. The highest BCUT2D eigenvalue weighted by molar-refractivity contribution is 5.95. The maximum absolute atomic E-state index is 13.5. The van der Waals surface area contributed by atoms with Crippen LogP contribution in [0.15, 0.2) is 42.5 Å². The predicted octanol–water partition coefficient (Wildman–Crippen LogP) is 4.62. The molecule has 1 aromatic heterocycles. The van der Waals surface area contributed by atoms with E-state index in [1.807, 2.05) is 0 Å². The average Bonchev–Trinajstić information content (AvgIpc) is 2.84. The van der Waals surface area contributed by atoms with Crippen molar-refractivity contribution in [2.75, 3.05) is 0 Å². The number of benzene rings is 2. The number of H-pyrrole nitrogens is 1. The lowest BCUT2D eigenvalue weighted by Crippen LogP contribution is -2.05. The summed E-state index contributed by atoms with van der Waals surface area (Å²) in [5.74, 6) is -1.76. The first-order valence-electron chi connectivity index (χ1n) is 6.96. The van der Waals surface area contributed by atoms with E-state index in [2.05, 4.69) is 4.98 Å². The minimum Gasteiger partial charge on any atom is -0.481 e. The molecule has 0 unspecified atom stereocenters. The number of hydrogen-bond donors (Lipinski definition) is 2. The van der Waals surface area contributed by atoms with Gasteiger partial charge in [0, 0.05) is 10.9 Å². The Morgan fingerprint density at radius 3 is 2.46 bits per heavy atom. The molecular formula is C17H11F4NO2. The standard InChI is InChI=1S/C17H11F4NO2/c18-10-4-1-3-9(7-10)15-12(8-14(23)24)11-5-2-6-13(16(11)22-15)17(19,20)21/h1-7,22H,8H2,(H,23,24). The number of halogens is 4. The Bertz CT molecular complexity index is 928. The van der Waals surface area contributed by atoms with E-state index < -0.39 is 29.9 Å². The van der Waals surface area contributed by atoms with E-state index >= 15 is 0 Å². The number of fused-ring (bicyclic) bond motifs is 1. The van der Waals surface area contributed by atoms with Gasteiger partial charge in [-0.15, -0.1) is 0 Å². The van der Waals surface area contributed by atoms with Gasteiger partial charge in [0.05, 0.1) is 23.2 Å². The highest BCUT2D eigenvalue weighted by Gasteiger charge is 2.34. The first-order chi connectivity index (χ1) is 11.3. The summed E-state index contributed by atoms with van der Waals surface area (Å²) in [6.07, 6.45) is -5.07. The molecule has 124 valence electrons. The molecule has 0 amide bonds. The van der Waals surface area contributed by atoms with Gasteiger partial charge in [0.25, 0.3) is 0 Å². The molecule has 2 N–H and O–H groups in total. The maximum atomic E-state index is 13.5. The van der Waals surface area contributed by atoms with Gasteiger partial charge >= 0.3 is 12.1 Å². The SMILES string of the molecule is O=C(O)Cc1c(-c2cccc(F)c2)[nH]c2c(C(F)(F)F)cccc12. The molecule has 0 saturated carbocycles. The first-order valence-corrected chi connectivity index (χ1v) is 6.96. The largest absolute Gasteiger partial charge is 0.481 e. The van der Waals surface area contributed by atoms with Crippen molar-refractivity contribution in [1.29, 1.82) is 0 Å². The second kappa shape index (κ2) is 5.67. The lowest BCUT2D eigenvalue weighted by Gasteiger charge is -2.07. The molecule has 0 saturated heterocycles. The molecule has 0 spiro atoms. The summed E-state index contributed by atoms with van der Waals surface area (Å²) >= 11 is 0. The van der Waals surface area contributed by atoms with Gasteiger partial charge in [0.15, 0.2) is 0 Å². The highest BCUT2D eigenvalue weighted by Crippen LogP contribution is 2.38. The quantitative estimate of drug-likeness (QED) is 0.685. The van der Waals surface area contributed by atoms with E-state index in [0.717, 1.165) is 12.1 Å². The van der Waals surface area contributed by atoms with Crippen molar-refractivity contribution in [3.8, 4) is 11.3 Å². The maximum Gasteiger partial charge on any atom is 0.418 e. The Morgan fingerprint density at radius 2 is 1.83 bits per heavy atom. The van der Waals surface area contributed by atoms with Crippen molar-refractivity contribution < 1.29 is 27.5 Å².